The van der Waals surface area contributed by atoms with E-state index in [2.05, 4.69) is 20.2 Å². The lowest BCUT2D eigenvalue weighted by molar-refractivity contribution is -0.175. The summed E-state index contributed by atoms with van der Waals surface area (Å²) in [7, 11) is 0. The number of nitrogens with one attached hydrogen (secondary N) is 3. The normalized spacial score (nSPS) is 30.9. The minimum Gasteiger partial charge on any atom is -0.366 e. The van der Waals surface area contributed by atoms with E-state index in [1.807, 2.05) is 13.8 Å². The van der Waals surface area contributed by atoms with Crippen LogP contribution in [-0.2, 0) is 14.2 Å². The standard InChI is InChI=1S/C12H14N4O5/c1-12(2)20-4-3-19-9(8(4)21-12)6-5-7(16-15-6)10(17)14-11(18)13-5/h4,8-9H,3H2,1-2H3,(H,15,16)(H2,13,14,17,18)/t4-,8-,9-/m1/s1. The number of hydrogen-bond acceptors (Lipinski definition) is 6. The molecule has 0 bridgehead atoms. The molecule has 0 radical (unpaired) electrons. The highest BCUT2D eigenvalue weighted by atomic mass is 16.8. The average Bonchev–Trinajstić information content (AvgIpc) is 3.00. The van der Waals surface area contributed by atoms with E-state index in [0.29, 0.717) is 17.8 Å². The Bertz CT molecular complexity index is 819. The van der Waals surface area contributed by atoms with Crippen LogP contribution in [-0.4, -0.2) is 44.8 Å². The summed E-state index contributed by atoms with van der Waals surface area (Å²) in [5.74, 6) is -0.682. The first-order valence-electron chi connectivity index (χ1n) is 6.62. The van der Waals surface area contributed by atoms with Crippen molar-refractivity contribution in [1.29, 1.82) is 0 Å². The highest BCUT2D eigenvalue weighted by molar-refractivity contribution is 5.75. The van der Waals surface area contributed by atoms with E-state index < -0.39 is 23.1 Å². The summed E-state index contributed by atoms with van der Waals surface area (Å²) in [6.07, 6.45) is -0.970. The molecule has 2 aliphatic heterocycles. The van der Waals surface area contributed by atoms with Crippen molar-refractivity contribution in [1.82, 2.24) is 20.2 Å². The lowest BCUT2D eigenvalue weighted by atomic mass is 10.1. The topological polar surface area (TPSA) is 122 Å². The van der Waals surface area contributed by atoms with Crippen LogP contribution in [0.5, 0.6) is 0 Å². The largest absolute Gasteiger partial charge is 0.366 e. The first-order chi connectivity index (χ1) is 9.94. The third kappa shape index (κ3) is 1.85. The molecule has 9 nitrogen and oxygen atoms in total. The van der Waals surface area contributed by atoms with Crippen LogP contribution >= 0.6 is 0 Å². The molecule has 2 fully saturated rings. The van der Waals surface area contributed by atoms with Crippen molar-refractivity contribution < 1.29 is 14.2 Å². The summed E-state index contributed by atoms with van der Waals surface area (Å²) < 4.78 is 17.3. The molecule has 112 valence electrons. The molecule has 9 heteroatoms. The van der Waals surface area contributed by atoms with Crippen LogP contribution in [0.4, 0.5) is 0 Å². The molecule has 0 aliphatic carbocycles. The second kappa shape index (κ2) is 4.03. The average molecular weight is 294 g/mol. The number of ether oxygens (including phenoxy) is 3. The Morgan fingerprint density at radius 1 is 1.24 bits per heavy atom. The van der Waals surface area contributed by atoms with E-state index in [4.69, 9.17) is 14.2 Å². The van der Waals surface area contributed by atoms with Gasteiger partial charge in [0.1, 0.15) is 18.3 Å². The molecule has 0 amide bonds. The van der Waals surface area contributed by atoms with Gasteiger partial charge in [-0.05, 0) is 13.8 Å². The van der Waals surface area contributed by atoms with E-state index in [9.17, 15) is 9.59 Å². The number of H-pyrrole nitrogens is 3. The minimum atomic E-state index is -0.682. The number of aromatic nitrogens is 4. The maximum atomic E-state index is 11.7. The van der Waals surface area contributed by atoms with Crippen molar-refractivity contribution in [2.45, 2.75) is 37.9 Å². The summed E-state index contributed by atoms with van der Waals surface area (Å²) in [6, 6.07) is 0. The van der Waals surface area contributed by atoms with Gasteiger partial charge in [0.2, 0.25) is 0 Å². The number of aromatic amines is 3. The second-order valence-electron chi connectivity index (χ2n) is 5.66. The number of hydrogen-bond donors (Lipinski definition) is 3. The van der Waals surface area contributed by atoms with Crippen LogP contribution in [0.15, 0.2) is 9.59 Å². The van der Waals surface area contributed by atoms with Gasteiger partial charge in [-0.25, -0.2) is 4.79 Å². The summed E-state index contributed by atoms with van der Waals surface area (Å²) in [5, 5.41) is 6.70. The fourth-order valence-electron chi connectivity index (χ4n) is 2.95. The van der Waals surface area contributed by atoms with E-state index in [1.165, 1.54) is 0 Å². The minimum absolute atomic E-state index is 0.134. The van der Waals surface area contributed by atoms with Gasteiger partial charge < -0.3 is 19.2 Å². The van der Waals surface area contributed by atoms with Crippen molar-refractivity contribution in [2.24, 2.45) is 0 Å². The van der Waals surface area contributed by atoms with Crippen LogP contribution in [0.2, 0.25) is 0 Å². The zero-order chi connectivity index (χ0) is 14.8. The van der Waals surface area contributed by atoms with Crippen LogP contribution in [0.25, 0.3) is 11.0 Å². The predicted octanol–water partition coefficient (Wildman–Crippen LogP) is -0.469. The molecular formula is C12H14N4O5. The van der Waals surface area contributed by atoms with E-state index in [-0.39, 0.29) is 17.7 Å². The molecule has 3 atom stereocenters. The lowest BCUT2D eigenvalue weighted by Crippen LogP contribution is -2.26. The van der Waals surface area contributed by atoms with Gasteiger partial charge in [-0.15, -0.1) is 0 Å². The monoisotopic (exact) mass is 294 g/mol. The summed E-state index contributed by atoms with van der Waals surface area (Å²) >= 11 is 0. The number of rotatable bonds is 1. The fourth-order valence-corrected chi connectivity index (χ4v) is 2.95. The molecule has 0 unspecified atom stereocenters. The van der Waals surface area contributed by atoms with E-state index >= 15 is 0 Å². The van der Waals surface area contributed by atoms with Crippen molar-refractivity contribution in [3.05, 3.63) is 26.5 Å². The zero-order valence-electron chi connectivity index (χ0n) is 11.4. The Labute approximate surface area is 117 Å². The molecule has 0 saturated carbocycles. The third-order valence-corrected chi connectivity index (χ3v) is 3.72. The zero-order valence-corrected chi connectivity index (χ0v) is 11.4. The van der Waals surface area contributed by atoms with Gasteiger partial charge in [0.15, 0.2) is 11.3 Å². The lowest BCUT2D eigenvalue weighted by Gasteiger charge is -2.21. The summed E-state index contributed by atoms with van der Waals surface area (Å²) in [6.45, 7) is 4.05. The van der Waals surface area contributed by atoms with E-state index in [1.54, 1.807) is 0 Å². The molecule has 2 saturated heterocycles. The van der Waals surface area contributed by atoms with Gasteiger partial charge in [0, 0.05) is 0 Å². The van der Waals surface area contributed by atoms with Gasteiger partial charge in [0.25, 0.3) is 5.56 Å². The summed E-state index contributed by atoms with van der Waals surface area (Å²) in [5.41, 5.74) is -0.150. The maximum Gasteiger partial charge on any atom is 0.326 e. The van der Waals surface area contributed by atoms with E-state index in [0.717, 1.165) is 0 Å². The first-order valence-corrected chi connectivity index (χ1v) is 6.62. The van der Waals surface area contributed by atoms with Gasteiger partial charge in [0.05, 0.1) is 17.8 Å². The van der Waals surface area contributed by atoms with Crippen LogP contribution in [0, 0.1) is 0 Å². The van der Waals surface area contributed by atoms with Gasteiger partial charge in [-0.2, -0.15) is 5.10 Å². The van der Waals surface area contributed by atoms with Crippen molar-refractivity contribution >= 4 is 11.0 Å². The van der Waals surface area contributed by atoms with Crippen molar-refractivity contribution in [3.8, 4) is 0 Å². The highest BCUT2D eigenvalue weighted by Gasteiger charge is 2.51. The van der Waals surface area contributed by atoms with Gasteiger partial charge in [-0.3, -0.25) is 14.9 Å². The molecule has 3 N–H and O–H groups in total. The molecule has 0 aromatic carbocycles. The molecule has 2 aromatic heterocycles. The molecule has 4 rings (SSSR count). The molecule has 2 aromatic rings. The van der Waals surface area contributed by atoms with Crippen molar-refractivity contribution in [2.75, 3.05) is 6.61 Å². The Morgan fingerprint density at radius 2 is 2.05 bits per heavy atom. The Balaban J connectivity index is 1.81. The maximum absolute atomic E-state index is 11.7. The first kappa shape index (κ1) is 12.7. The molecule has 2 aliphatic rings. The Kier molecular flexibility index (Phi) is 2.44. The molecule has 0 spiro atoms. The second-order valence-corrected chi connectivity index (χ2v) is 5.66. The van der Waals surface area contributed by atoms with Crippen molar-refractivity contribution in [3.63, 3.8) is 0 Å². The summed E-state index contributed by atoms with van der Waals surface area (Å²) in [4.78, 5) is 27.9. The highest BCUT2D eigenvalue weighted by Crippen LogP contribution is 2.42. The smallest absolute Gasteiger partial charge is 0.326 e. The van der Waals surface area contributed by atoms with Crippen LogP contribution < -0.4 is 11.2 Å². The SMILES string of the molecule is CC1(C)O[C@H]2[C@@H](c3[nH]nc4c(=O)[nH]c(=O)[nH]c34)OC[C@H]2O1. The number of nitrogens with zero attached hydrogens (tertiary/aromatic N) is 1. The van der Waals surface area contributed by atoms with Crippen LogP contribution in [0.1, 0.15) is 25.6 Å². The van der Waals surface area contributed by atoms with Gasteiger partial charge in [-0.1, -0.05) is 0 Å². The third-order valence-electron chi connectivity index (χ3n) is 3.72. The molecular weight excluding hydrogens is 280 g/mol. The van der Waals surface area contributed by atoms with Gasteiger partial charge >= 0.3 is 5.69 Å². The Hall–Kier alpha value is -1.97. The van der Waals surface area contributed by atoms with Crippen LogP contribution in [0.3, 0.4) is 0 Å². The fraction of sp³-hybridized carbons (Fsp3) is 0.583. The quantitative estimate of drug-likeness (QED) is 0.653. The Morgan fingerprint density at radius 3 is 2.86 bits per heavy atom. The molecule has 4 heterocycles. The predicted molar refractivity (Wildman–Crippen MR) is 69.9 cm³/mol. The number of fused-ring (bicyclic) bond motifs is 2. The molecule has 21 heavy (non-hydrogen) atoms.